The number of carbonyl (C=O) groups excluding carboxylic acids is 1. The smallest absolute Gasteiger partial charge is 0.274 e. The van der Waals surface area contributed by atoms with E-state index in [1.807, 2.05) is 23.1 Å². The van der Waals surface area contributed by atoms with Crippen LogP contribution in [0.3, 0.4) is 0 Å². The van der Waals surface area contributed by atoms with Gasteiger partial charge in [0.1, 0.15) is 0 Å². The monoisotopic (exact) mass is 336 g/mol. The van der Waals surface area contributed by atoms with Gasteiger partial charge in [0.05, 0.1) is 0 Å². The molecule has 1 saturated heterocycles. The molecule has 0 atom stereocenters. The summed E-state index contributed by atoms with van der Waals surface area (Å²) in [7, 11) is 0. The Balaban J connectivity index is 1.46. The Morgan fingerprint density at radius 2 is 1.60 bits per heavy atom. The third-order valence-corrected chi connectivity index (χ3v) is 5.22. The van der Waals surface area contributed by atoms with Crippen LogP contribution in [0.25, 0.3) is 0 Å². The van der Waals surface area contributed by atoms with E-state index in [4.69, 9.17) is 0 Å². The maximum Gasteiger partial charge on any atom is 0.274 e. The summed E-state index contributed by atoms with van der Waals surface area (Å²) < 4.78 is 0. The number of aromatic nitrogens is 2. The number of amides is 1. The van der Waals surface area contributed by atoms with E-state index < -0.39 is 0 Å². The summed E-state index contributed by atoms with van der Waals surface area (Å²) in [6.45, 7) is 3.46. The zero-order chi connectivity index (χ0) is 17.1. The van der Waals surface area contributed by atoms with E-state index in [0.717, 1.165) is 31.9 Å². The van der Waals surface area contributed by atoms with Crippen molar-refractivity contribution in [2.24, 2.45) is 0 Å². The van der Waals surface area contributed by atoms with Gasteiger partial charge in [-0.3, -0.25) is 4.79 Å². The molecule has 2 aliphatic heterocycles. The molecule has 25 heavy (non-hydrogen) atoms. The highest BCUT2D eigenvalue weighted by Crippen LogP contribution is 2.21. The second kappa shape index (κ2) is 7.21. The molecular formula is C20H24N4O. The van der Waals surface area contributed by atoms with E-state index >= 15 is 0 Å². The van der Waals surface area contributed by atoms with Gasteiger partial charge in [-0.15, -0.1) is 10.2 Å². The van der Waals surface area contributed by atoms with Gasteiger partial charge in [0.25, 0.3) is 5.91 Å². The molecule has 2 aliphatic rings. The summed E-state index contributed by atoms with van der Waals surface area (Å²) >= 11 is 0. The lowest BCUT2D eigenvalue weighted by atomic mass is 10.00. The van der Waals surface area contributed by atoms with Crippen molar-refractivity contribution < 1.29 is 4.79 Å². The number of carbonyl (C=O) groups is 1. The van der Waals surface area contributed by atoms with Crippen molar-refractivity contribution in [2.75, 3.05) is 24.5 Å². The van der Waals surface area contributed by atoms with Gasteiger partial charge in [-0.25, -0.2) is 0 Å². The predicted octanol–water partition coefficient (Wildman–Crippen LogP) is 3.06. The Morgan fingerprint density at radius 3 is 2.32 bits per heavy atom. The maximum atomic E-state index is 12.8. The molecule has 0 aliphatic carbocycles. The van der Waals surface area contributed by atoms with Gasteiger partial charge in [0, 0.05) is 26.2 Å². The first kappa shape index (κ1) is 16.1. The highest BCUT2D eigenvalue weighted by Gasteiger charge is 2.23. The van der Waals surface area contributed by atoms with E-state index in [2.05, 4.69) is 33.3 Å². The van der Waals surface area contributed by atoms with Crippen LogP contribution in [0.15, 0.2) is 36.4 Å². The molecule has 1 amide bonds. The van der Waals surface area contributed by atoms with Gasteiger partial charge in [-0.1, -0.05) is 37.1 Å². The number of fused-ring (bicyclic) bond motifs is 1. The largest absolute Gasteiger partial charge is 0.355 e. The van der Waals surface area contributed by atoms with Crippen LogP contribution in [0.2, 0.25) is 0 Å². The van der Waals surface area contributed by atoms with E-state index in [0.29, 0.717) is 12.2 Å². The molecular weight excluding hydrogens is 312 g/mol. The topological polar surface area (TPSA) is 49.3 Å². The number of anilines is 1. The highest BCUT2D eigenvalue weighted by atomic mass is 16.2. The Hall–Kier alpha value is -2.43. The molecule has 2 aromatic rings. The summed E-state index contributed by atoms with van der Waals surface area (Å²) in [5.74, 6) is 0.867. The average molecular weight is 336 g/mol. The normalized spacial score (nSPS) is 17.8. The molecule has 1 fully saturated rings. The third kappa shape index (κ3) is 3.50. The summed E-state index contributed by atoms with van der Waals surface area (Å²) in [4.78, 5) is 16.9. The molecule has 3 heterocycles. The maximum absolute atomic E-state index is 12.8. The molecule has 4 rings (SSSR count). The lowest BCUT2D eigenvalue weighted by Crippen LogP contribution is -2.36. The number of benzene rings is 1. The SMILES string of the molecule is O=C(c1ccc(N2CCCCCC2)nn1)N1CCc2ccccc2C1. The lowest BCUT2D eigenvalue weighted by Gasteiger charge is -2.28. The molecule has 1 aromatic heterocycles. The molecule has 1 aromatic carbocycles. The minimum Gasteiger partial charge on any atom is -0.355 e. The zero-order valence-electron chi connectivity index (χ0n) is 14.5. The first-order valence-electron chi connectivity index (χ1n) is 9.26. The molecule has 0 unspecified atom stereocenters. The Morgan fingerprint density at radius 1 is 0.840 bits per heavy atom. The van der Waals surface area contributed by atoms with Crippen LogP contribution in [0.5, 0.6) is 0 Å². The predicted molar refractivity (Wildman–Crippen MR) is 97.6 cm³/mol. The summed E-state index contributed by atoms with van der Waals surface area (Å²) in [5.41, 5.74) is 3.02. The average Bonchev–Trinajstić information content (AvgIpc) is 2.97. The van der Waals surface area contributed by atoms with Gasteiger partial charge >= 0.3 is 0 Å². The van der Waals surface area contributed by atoms with Crippen LogP contribution in [0.1, 0.15) is 47.3 Å². The van der Waals surface area contributed by atoms with Crippen LogP contribution in [-0.2, 0) is 13.0 Å². The van der Waals surface area contributed by atoms with Crippen molar-refractivity contribution in [3.8, 4) is 0 Å². The lowest BCUT2D eigenvalue weighted by molar-refractivity contribution is 0.0727. The molecule has 0 radical (unpaired) electrons. The molecule has 0 bridgehead atoms. The second-order valence-electron chi connectivity index (χ2n) is 6.92. The Labute approximate surface area is 148 Å². The minimum absolute atomic E-state index is 0.0237. The quantitative estimate of drug-likeness (QED) is 0.846. The van der Waals surface area contributed by atoms with E-state index in [1.165, 1.54) is 36.8 Å². The van der Waals surface area contributed by atoms with Gasteiger partial charge in [0.2, 0.25) is 0 Å². The molecule has 5 heteroatoms. The first-order valence-corrected chi connectivity index (χ1v) is 9.26. The zero-order valence-corrected chi connectivity index (χ0v) is 14.5. The van der Waals surface area contributed by atoms with Crippen molar-refractivity contribution in [1.82, 2.24) is 15.1 Å². The highest BCUT2D eigenvalue weighted by molar-refractivity contribution is 5.92. The van der Waals surface area contributed by atoms with Crippen molar-refractivity contribution in [3.63, 3.8) is 0 Å². The van der Waals surface area contributed by atoms with Gasteiger partial charge < -0.3 is 9.80 Å². The first-order chi connectivity index (χ1) is 12.3. The van der Waals surface area contributed by atoms with Crippen molar-refractivity contribution in [1.29, 1.82) is 0 Å². The van der Waals surface area contributed by atoms with Gasteiger partial charge in [-0.05, 0) is 42.5 Å². The Kier molecular flexibility index (Phi) is 4.63. The fraction of sp³-hybridized carbons (Fsp3) is 0.450. The van der Waals surface area contributed by atoms with Crippen molar-refractivity contribution in [3.05, 3.63) is 53.2 Å². The molecule has 130 valence electrons. The van der Waals surface area contributed by atoms with E-state index in [1.54, 1.807) is 0 Å². The summed E-state index contributed by atoms with van der Waals surface area (Å²) in [6.07, 6.45) is 5.89. The van der Waals surface area contributed by atoms with Crippen LogP contribution in [-0.4, -0.2) is 40.6 Å². The number of rotatable bonds is 2. The molecule has 0 spiro atoms. The molecule has 0 N–H and O–H groups in total. The fourth-order valence-electron chi connectivity index (χ4n) is 3.74. The number of nitrogens with zero attached hydrogens (tertiary/aromatic N) is 4. The fourth-order valence-corrected chi connectivity index (χ4v) is 3.74. The standard InChI is InChI=1S/C20H24N4O/c25-20(24-14-11-16-7-3-4-8-17(16)15-24)18-9-10-19(22-21-18)23-12-5-1-2-6-13-23/h3-4,7-10H,1-2,5-6,11-15H2. The van der Waals surface area contributed by atoms with Gasteiger partial charge in [-0.2, -0.15) is 0 Å². The minimum atomic E-state index is -0.0237. The van der Waals surface area contributed by atoms with Crippen LogP contribution >= 0.6 is 0 Å². The third-order valence-electron chi connectivity index (χ3n) is 5.22. The number of hydrogen-bond acceptors (Lipinski definition) is 4. The second-order valence-corrected chi connectivity index (χ2v) is 6.92. The molecule has 5 nitrogen and oxygen atoms in total. The Bertz CT molecular complexity index is 736. The van der Waals surface area contributed by atoms with E-state index in [-0.39, 0.29) is 5.91 Å². The summed E-state index contributed by atoms with van der Waals surface area (Å²) in [5, 5.41) is 8.57. The molecule has 0 saturated carbocycles. The van der Waals surface area contributed by atoms with Crippen molar-refractivity contribution in [2.45, 2.75) is 38.6 Å². The van der Waals surface area contributed by atoms with Gasteiger partial charge in [0.15, 0.2) is 11.5 Å². The van der Waals surface area contributed by atoms with Crippen LogP contribution in [0, 0.1) is 0 Å². The van der Waals surface area contributed by atoms with Crippen LogP contribution in [0.4, 0.5) is 5.82 Å². The van der Waals surface area contributed by atoms with Crippen molar-refractivity contribution >= 4 is 11.7 Å². The van der Waals surface area contributed by atoms with Crippen LogP contribution < -0.4 is 4.90 Å². The number of hydrogen-bond donors (Lipinski definition) is 0. The summed E-state index contributed by atoms with van der Waals surface area (Å²) in [6, 6.07) is 12.1. The van der Waals surface area contributed by atoms with E-state index in [9.17, 15) is 4.79 Å².